The van der Waals surface area contributed by atoms with Crippen LogP contribution in [0.5, 0.6) is 0 Å². The third-order valence-corrected chi connectivity index (χ3v) is 7.39. The summed E-state index contributed by atoms with van der Waals surface area (Å²) < 4.78 is 2.40. The summed E-state index contributed by atoms with van der Waals surface area (Å²) in [5.41, 5.74) is 8.35. The van der Waals surface area contributed by atoms with E-state index in [2.05, 4.69) is 103 Å². The highest BCUT2D eigenvalue weighted by Crippen LogP contribution is 2.46. The van der Waals surface area contributed by atoms with E-state index in [1.165, 1.54) is 48.9 Å². The largest absolute Gasteiger partial charge is 0.338 e. The van der Waals surface area contributed by atoms with Gasteiger partial charge >= 0.3 is 0 Å². The molecule has 0 unspecified atom stereocenters. The zero-order valence-electron chi connectivity index (χ0n) is 17.9. The van der Waals surface area contributed by atoms with E-state index in [0.717, 1.165) is 19.3 Å². The molecule has 2 nitrogen and oxygen atoms in total. The molecule has 2 heterocycles. The summed E-state index contributed by atoms with van der Waals surface area (Å²) in [4.78, 5) is 3.66. The topological polar surface area (TPSA) is 7.12 Å². The molecule has 0 spiro atoms. The lowest BCUT2D eigenvalue weighted by Crippen LogP contribution is -2.34. The van der Waals surface area contributed by atoms with Crippen LogP contribution in [0, 0.1) is 0 Å². The summed E-state index contributed by atoms with van der Waals surface area (Å²) in [5, 5.41) is 2.63. The molecule has 150 valence electrons. The lowest BCUT2D eigenvalue weighted by molar-refractivity contribution is -0.647. The Labute approximate surface area is 183 Å². The molecule has 5 rings (SSSR count). The minimum absolute atomic E-state index is 1.00. The molecule has 0 bridgehead atoms. The van der Waals surface area contributed by atoms with Crippen LogP contribution in [0.1, 0.15) is 36.6 Å². The molecule has 3 aromatic rings. The first-order valence-corrected chi connectivity index (χ1v) is 11.5. The molecule has 1 aliphatic heterocycles. The third-order valence-electron chi connectivity index (χ3n) is 6.23. The summed E-state index contributed by atoms with van der Waals surface area (Å²) in [6.45, 7) is 2.09. The van der Waals surface area contributed by atoms with E-state index in [-0.39, 0.29) is 0 Å². The van der Waals surface area contributed by atoms with Gasteiger partial charge in [0.15, 0.2) is 0 Å². The third kappa shape index (κ3) is 3.09. The van der Waals surface area contributed by atoms with E-state index >= 15 is 0 Å². The number of aryl methyl sites for hydroxylation is 1. The van der Waals surface area contributed by atoms with Gasteiger partial charge in [-0.2, -0.15) is 4.57 Å². The molecule has 0 amide bonds. The molecule has 1 aromatic heterocycles. The number of anilines is 1. The van der Waals surface area contributed by atoms with Crippen LogP contribution in [-0.2, 0) is 13.5 Å². The first-order valence-electron chi connectivity index (χ1n) is 10.7. The van der Waals surface area contributed by atoms with Crippen LogP contribution >= 0.6 is 11.8 Å². The molecule has 0 N–H and O–H groups in total. The fourth-order valence-corrected chi connectivity index (χ4v) is 5.82. The Morgan fingerprint density at radius 2 is 1.87 bits per heavy atom. The van der Waals surface area contributed by atoms with Crippen molar-refractivity contribution in [3.8, 4) is 0 Å². The van der Waals surface area contributed by atoms with Crippen molar-refractivity contribution in [1.82, 2.24) is 0 Å². The quantitative estimate of drug-likeness (QED) is 0.359. The Kier molecular flexibility index (Phi) is 5.00. The normalized spacial score (nSPS) is 18.2. The van der Waals surface area contributed by atoms with E-state index in [4.69, 9.17) is 0 Å². The fraction of sp³-hybridized carbons (Fsp3) is 0.222. The lowest BCUT2D eigenvalue weighted by Gasteiger charge is -2.15. The fourth-order valence-electron chi connectivity index (χ4n) is 4.73. The maximum atomic E-state index is 2.42. The van der Waals surface area contributed by atoms with Crippen molar-refractivity contribution >= 4 is 40.0 Å². The van der Waals surface area contributed by atoms with Gasteiger partial charge in [-0.3, -0.25) is 0 Å². The van der Waals surface area contributed by atoms with Crippen molar-refractivity contribution in [1.29, 1.82) is 0 Å². The molecule has 0 saturated carbocycles. The smallest absolute Gasteiger partial charge is 0.213 e. The van der Waals surface area contributed by atoms with Gasteiger partial charge in [0.2, 0.25) is 11.2 Å². The first-order chi connectivity index (χ1) is 14.7. The van der Waals surface area contributed by atoms with Crippen molar-refractivity contribution in [2.45, 2.75) is 31.1 Å². The van der Waals surface area contributed by atoms with Gasteiger partial charge < -0.3 is 4.90 Å². The van der Waals surface area contributed by atoms with Crippen molar-refractivity contribution in [3.63, 3.8) is 0 Å². The highest BCUT2D eigenvalue weighted by molar-refractivity contribution is 8.03. The minimum Gasteiger partial charge on any atom is -0.338 e. The maximum Gasteiger partial charge on any atom is 0.213 e. The van der Waals surface area contributed by atoms with Gasteiger partial charge in [0.1, 0.15) is 7.05 Å². The Bertz CT molecular complexity index is 1230. The Balaban J connectivity index is 1.70. The highest BCUT2D eigenvalue weighted by Gasteiger charge is 2.31. The van der Waals surface area contributed by atoms with Gasteiger partial charge in [-0.1, -0.05) is 54.3 Å². The number of fused-ring (bicyclic) bond motifs is 3. The second-order valence-electron chi connectivity index (χ2n) is 7.96. The van der Waals surface area contributed by atoms with Crippen molar-refractivity contribution in [3.05, 3.63) is 88.6 Å². The Morgan fingerprint density at radius 3 is 2.70 bits per heavy atom. The van der Waals surface area contributed by atoms with E-state index in [0.29, 0.717) is 0 Å². The van der Waals surface area contributed by atoms with Crippen LogP contribution in [0.3, 0.4) is 0 Å². The van der Waals surface area contributed by atoms with Gasteiger partial charge in [-0.25, -0.2) is 0 Å². The zero-order valence-corrected chi connectivity index (χ0v) is 18.7. The summed E-state index contributed by atoms with van der Waals surface area (Å²) in [5.74, 6) is 0. The number of hydrogen-bond donors (Lipinski definition) is 0. The number of nitrogens with zero attached hydrogens (tertiary/aromatic N) is 2. The molecule has 0 radical (unpaired) electrons. The average Bonchev–Trinajstić information content (AvgIpc) is 3.33. The number of aromatic nitrogens is 1. The van der Waals surface area contributed by atoms with Crippen LogP contribution in [0.15, 0.2) is 76.7 Å². The van der Waals surface area contributed by atoms with E-state index < -0.39 is 0 Å². The van der Waals surface area contributed by atoms with E-state index in [1.54, 1.807) is 0 Å². The number of benzene rings is 2. The summed E-state index contributed by atoms with van der Waals surface area (Å²) in [7, 11) is 4.40. The number of hydrogen-bond acceptors (Lipinski definition) is 2. The molecule has 2 aromatic carbocycles. The van der Waals surface area contributed by atoms with E-state index in [9.17, 15) is 0 Å². The minimum atomic E-state index is 1.00. The molecular weight excluding hydrogens is 384 g/mol. The number of allylic oxidation sites excluding steroid dienone is 4. The molecule has 3 heteroatoms. The molecule has 2 aliphatic rings. The maximum absolute atomic E-state index is 2.42. The molecule has 1 aliphatic carbocycles. The van der Waals surface area contributed by atoms with Gasteiger partial charge in [0.05, 0.1) is 16.1 Å². The van der Waals surface area contributed by atoms with Crippen LogP contribution in [0.25, 0.3) is 22.6 Å². The Morgan fingerprint density at radius 1 is 1.07 bits per heavy atom. The monoisotopic (exact) mass is 411 g/mol. The number of thioether (sulfide) groups is 1. The van der Waals surface area contributed by atoms with E-state index in [1.807, 2.05) is 11.8 Å². The number of rotatable bonds is 3. The predicted octanol–water partition coefficient (Wildman–Crippen LogP) is 6.50. The highest BCUT2D eigenvalue weighted by atomic mass is 32.2. The standard InChI is InChI=1S/C27H27N2S/c1-4-5-6-11-19-16-17-21-22(20-12-7-8-13-23(20)29(3)27(19)21)18-26-28(2)24-14-9-10-15-25(24)30-26/h4-5,7-15,18H,6,16-17H2,1-3H3/q+1/b5-4-,19-11+. The predicted molar refractivity (Wildman–Crippen MR) is 130 cm³/mol. The SMILES string of the molecule is C/C=C\C/C=C1\CCc2c(/C=C3\Sc4ccccc4N3C)c3ccccc3[n+](C)c21. The summed E-state index contributed by atoms with van der Waals surface area (Å²) >= 11 is 1.87. The van der Waals surface area contributed by atoms with Crippen molar-refractivity contribution in [2.75, 3.05) is 11.9 Å². The number of pyridine rings is 1. The molecule has 0 fully saturated rings. The summed E-state index contributed by atoms with van der Waals surface area (Å²) in [6.07, 6.45) is 12.4. The second kappa shape index (κ2) is 7.81. The lowest BCUT2D eigenvalue weighted by atomic mass is 10.00. The van der Waals surface area contributed by atoms with Gasteiger partial charge in [-0.05, 0) is 50.5 Å². The van der Waals surface area contributed by atoms with Gasteiger partial charge in [-0.15, -0.1) is 0 Å². The van der Waals surface area contributed by atoms with Crippen LogP contribution < -0.4 is 9.47 Å². The van der Waals surface area contributed by atoms with Crippen LogP contribution in [0.4, 0.5) is 5.69 Å². The van der Waals surface area contributed by atoms with Gasteiger partial charge in [0, 0.05) is 34.7 Å². The van der Waals surface area contributed by atoms with Crippen molar-refractivity contribution < 1.29 is 4.57 Å². The summed E-state index contributed by atoms with van der Waals surface area (Å²) in [6, 6.07) is 17.5. The van der Waals surface area contributed by atoms with Crippen molar-refractivity contribution in [2.24, 2.45) is 7.05 Å². The van der Waals surface area contributed by atoms with Crippen LogP contribution in [-0.4, -0.2) is 7.05 Å². The molecule has 0 saturated heterocycles. The van der Waals surface area contributed by atoms with Crippen LogP contribution in [0.2, 0.25) is 0 Å². The average molecular weight is 412 g/mol. The number of para-hydroxylation sites is 2. The Hall–Kier alpha value is -2.78. The molecule has 30 heavy (non-hydrogen) atoms. The molecule has 0 atom stereocenters. The molecular formula is C27H27N2S+. The second-order valence-corrected chi connectivity index (χ2v) is 9.02. The zero-order chi connectivity index (χ0) is 20.7. The van der Waals surface area contributed by atoms with Gasteiger partial charge in [0.25, 0.3) is 0 Å². The first kappa shape index (κ1) is 19.2.